The Bertz CT molecular complexity index is 1360. The predicted octanol–water partition coefficient (Wildman–Crippen LogP) is 4.69. The molecule has 0 saturated heterocycles. The SMILES string of the molecule is CCOC(=O)c1c(NC(=O)c2cn3ccc(C)cc3n2)sc(C(=O)Nc2ccccc2)c1C. The van der Waals surface area contributed by atoms with Gasteiger partial charge in [-0.25, -0.2) is 9.78 Å². The molecule has 0 bridgehead atoms. The predicted molar refractivity (Wildman–Crippen MR) is 127 cm³/mol. The van der Waals surface area contributed by atoms with Crippen LogP contribution in [0.15, 0.2) is 54.9 Å². The fourth-order valence-electron chi connectivity index (χ4n) is 3.34. The fraction of sp³-hybridized carbons (Fsp3) is 0.167. The maximum absolute atomic E-state index is 12.9. The number of nitrogens with one attached hydrogen (secondary N) is 2. The van der Waals surface area contributed by atoms with Crippen molar-refractivity contribution < 1.29 is 19.1 Å². The Labute approximate surface area is 194 Å². The normalized spacial score (nSPS) is 10.8. The van der Waals surface area contributed by atoms with Crippen molar-refractivity contribution in [1.29, 1.82) is 0 Å². The number of carbonyl (C=O) groups is 3. The zero-order valence-corrected chi connectivity index (χ0v) is 19.2. The summed E-state index contributed by atoms with van der Waals surface area (Å²) in [6.45, 7) is 5.46. The summed E-state index contributed by atoms with van der Waals surface area (Å²) < 4.78 is 6.92. The zero-order valence-electron chi connectivity index (χ0n) is 18.3. The van der Waals surface area contributed by atoms with Crippen molar-refractivity contribution in [3.8, 4) is 0 Å². The maximum atomic E-state index is 12.9. The molecule has 0 unspecified atom stereocenters. The van der Waals surface area contributed by atoms with E-state index in [0.29, 0.717) is 21.8 Å². The molecule has 0 aliphatic heterocycles. The maximum Gasteiger partial charge on any atom is 0.341 e. The molecule has 3 heterocycles. The molecule has 0 saturated carbocycles. The van der Waals surface area contributed by atoms with E-state index in [1.165, 1.54) is 0 Å². The van der Waals surface area contributed by atoms with E-state index in [4.69, 9.17) is 4.74 Å². The third kappa shape index (κ3) is 4.63. The number of imidazole rings is 1. The number of amides is 2. The van der Waals surface area contributed by atoms with Gasteiger partial charge in [0.2, 0.25) is 0 Å². The molecule has 9 heteroatoms. The molecule has 0 spiro atoms. The number of fused-ring (bicyclic) bond motifs is 1. The van der Waals surface area contributed by atoms with E-state index in [1.807, 2.05) is 43.5 Å². The number of nitrogens with zero attached hydrogens (tertiary/aromatic N) is 2. The lowest BCUT2D eigenvalue weighted by Crippen LogP contribution is -2.15. The van der Waals surface area contributed by atoms with E-state index < -0.39 is 11.9 Å². The van der Waals surface area contributed by atoms with E-state index in [1.54, 1.807) is 36.6 Å². The van der Waals surface area contributed by atoms with Crippen molar-refractivity contribution in [2.45, 2.75) is 20.8 Å². The molecule has 0 atom stereocenters. The second-order valence-electron chi connectivity index (χ2n) is 7.35. The van der Waals surface area contributed by atoms with Crippen molar-refractivity contribution in [1.82, 2.24) is 9.38 Å². The van der Waals surface area contributed by atoms with E-state index in [-0.39, 0.29) is 28.8 Å². The first-order chi connectivity index (χ1) is 15.9. The van der Waals surface area contributed by atoms with Gasteiger partial charge >= 0.3 is 5.97 Å². The summed E-state index contributed by atoms with van der Waals surface area (Å²) in [4.78, 5) is 43.2. The number of pyridine rings is 1. The number of para-hydroxylation sites is 1. The van der Waals surface area contributed by atoms with E-state index in [9.17, 15) is 14.4 Å². The van der Waals surface area contributed by atoms with E-state index >= 15 is 0 Å². The van der Waals surface area contributed by atoms with Gasteiger partial charge in [0, 0.05) is 18.1 Å². The van der Waals surface area contributed by atoms with Gasteiger partial charge in [0.1, 0.15) is 16.3 Å². The molecule has 2 amide bonds. The lowest BCUT2D eigenvalue weighted by Gasteiger charge is -2.06. The zero-order chi connectivity index (χ0) is 23.5. The van der Waals surface area contributed by atoms with Gasteiger partial charge in [-0.05, 0) is 56.2 Å². The molecule has 168 valence electrons. The molecular weight excluding hydrogens is 440 g/mol. The van der Waals surface area contributed by atoms with Crippen LogP contribution in [0.25, 0.3) is 5.65 Å². The molecule has 1 aromatic carbocycles. The second-order valence-corrected chi connectivity index (χ2v) is 8.37. The van der Waals surface area contributed by atoms with Crippen molar-refractivity contribution >= 4 is 45.5 Å². The number of hydrogen-bond acceptors (Lipinski definition) is 6. The highest BCUT2D eigenvalue weighted by Gasteiger charge is 2.27. The molecule has 3 aromatic heterocycles. The molecule has 0 aliphatic rings. The number of ether oxygens (including phenoxy) is 1. The van der Waals surface area contributed by atoms with Crippen molar-refractivity contribution in [2.75, 3.05) is 17.2 Å². The monoisotopic (exact) mass is 462 g/mol. The number of benzene rings is 1. The summed E-state index contributed by atoms with van der Waals surface area (Å²) in [6.07, 6.45) is 3.43. The summed E-state index contributed by atoms with van der Waals surface area (Å²) in [5, 5.41) is 5.79. The number of carbonyl (C=O) groups excluding carboxylic acids is 3. The Morgan fingerprint density at radius 2 is 1.82 bits per heavy atom. The Hall–Kier alpha value is -3.98. The van der Waals surface area contributed by atoms with Gasteiger partial charge in [-0.3, -0.25) is 9.59 Å². The molecule has 4 aromatic rings. The quantitative estimate of drug-likeness (QED) is 0.405. The molecule has 0 fully saturated rings. The van der Waals surface area contributed by atoms with E-state index in [0.717, 1.165) is 16.9 Å². The van der Waals surface area contributed by atoms with Crippen LogP contribution in [0.2, 0.25) is 0 Å². The number of aromatic nitrogens is 2. The van der Waals surface area contributed by atoms with Crippen LogP contribution in [-0.2, 0) is 4.74 Å². The van der Waals surface area contributed by atoms with Crippen LogP contribution in [0, 0.1) is 13.8 Å². The number of rotatable bonds is 6. The molecule has 8 nitrogen and oxygen atoms in total. The third-order valence-corrected chi connectivity index (χ3v) is 6.15. The average Bonchev–Trinajstić information content (AvgIpc) is 3.35. The van der Waals surface area contributed by atoms with Gasteiger partial charge < -0.3 is 19.8 Å². The Kier molecular flexibility index (Phi) is 6.23. The Balaban J connectivity index is 1.66. The van der Waals surface area contributed by atoms with Crippen LogP contribution in [0.4, 0.5) is 10.7 Å². The number of aryl methyl sites for hydroxylation is 1. The smallest absolute Gasteiger partial charge is 0.341 e. The second kappa shape index (κ2) is 9.25. The van der Waals surface area contributed by atoms with E-state index in [2.05, 4.69) is 15.6 Å². The van der Waals surface area contributed by atoms with Crippen LogP contribution in [0.3, 0.4) is 0 Å². The summed E-state index contributed by atoms with van der Waals surface area (Å²) >= 11 is 1.02. The first-order valence-corrected chi connectivity index (χ1v) is 11.1. The number of anilines is 2. The van der Waals surface area contributed by atoms with Crippen LogP contribution in [-0.4, -0.2) is 33.8 Å². The minimum absolute atomic E-state index is 0.160. The van der Waals surface area contributed by atoms with Gasteiger partial charge in [-0.2, -0.15) is 0 Å². The number of thiophene rings is 1. The van der Waals surface area contributed by atoms with Gasteiger partial charge in [-0.15, -0.1) is 11.3 Å². The van der Waals surface area contributed by atoms with Crippen molar-refractivity contribution in [3.63, 3.8) is 0 Å². The Morgan fingerprint density at radius 3 is 2.55 bits per heavy atom. The molecule has 2 N–H and O–H groups in total. The highest BCUT2D eigenvalue weighted by molar-refractivity contribution is 7.19. The molecule has 33 heavy (non-hydrogen) atoms. The Morgan fingerprint density at radius 1 is 1.06 bits per heavy atom. The number of esters is 1. The fourth-order valence-corrected chi connectivity index (χ4v) is 4.42. The van der Waals surface area contributed by atoms with Crippen LogP contribution in [0.5, 0.6) is 0 Å². The van der Waals surface area contributed by atoms with Gasteiger partial charge in [-0.1, -0.05) is 18.2 Å². The van der Waals surface area contributed by atoms with Crippen molar-refractivity contribution in [2.24, 2.45) is 0 Å². The summed E-state index contributed by atoms with van der Waals surface area (Å²) in [6, 6.07) is 12.8. The first kappa shape index (κ1) is 22.2. The first-order valence-electron chi connectivity index (χ1n) is 10.3. The van der Waals surface area contributed by atoms with Crippen molar-refractivity contribution in [3.05, 3.63) is 82.1 Å². The largest absolute Gasteiger partial charge is 0.462 e. The standard InChI is InChI=1S/C24H22N4O4S/c1-4-32-24(31)19-15(3)20(22(30)25-16-8-6-5-7-9-16)33-23(19)27-21(29)17-13-28-11-10-14(2)12-18(28)26-17/h5-13H,4H2,1-3H3,(H,25,30)(H,27,29). The summed E-state index contributed by atoms with van der Waals surface area (Å²) in [5.74, 6) is -1.47. The molecule has 0 radical (unpaired) electrons. The molecule has 0 aliphatic carbocycles. The highest BCUT2D eigenvalue weighted by Crippen LogP contribution is 2.34. The molecular formula is C24H22N4O4S. The van der Waals surface area contributed by atoms with Crippen LogP contribution >= 0.6 is 11.3 Å². The third-order valence-electron chi connectivity index (χ3n) is 4.94. The summed E-state index contributed by atoms with van der Waals surface area (Å²) in [7, 11) is 0. The lowest BCUT2D eigenvalue weighted by molar-refractivity contribution is 0.0527. The number of hydrogen-bond donors (Lipinski definition) is 2. The van der Waals surface area contributed by atoms with Gasteiger partial charge in [0.05, 0.1) is 17.0 Å². The van der Waals surface area contributed by atoms with Crippen LogP contribution in [0.1, 0.15) is 48.6 Å². The summed E-state index contributed by atoms with van der Waals surface area (Å²) in [5.41, 5.74) is 3.07. The molecule has 4 rings (SSSR count). The highest BCUT2D eigenvalue weighted by atomic mass is 32.1. The van der Waals surface area contributed by atoms with Crippen LogP contribution < -0.4 is 10.6 Å². The topological polar surface area (TPSA) is 102 Å². The van der Waals surface area contributed by atoms with Gasteiger partial charge in [0.25, 0.3) is 11.8 Å². The minimum atomic E-state index is -0.606. The minimum Gasteiger partial charge on any atom is -0.462 e. The lowest BCUT2D eigenvalue weighted by atomic mass is 10.1. The average molecular weight is 463 g/mol. The van der Waals surface area contributed by atoms with Gasteiger partial charge in [0.15, 0.2) is 0 Å².